The first-order valence-corrected chi connectivity index (χ1v) is 8.97. The van der Waals surface area contributed by atoms with E-state index < -0.39 is 0 Å². The lowest BCUT2D eigenvalue weighted by atomic mass is 9.89. The second-order valence-corrected chi connectivity index (χ2v) is 6.47. The average Bonchev–Trinajstić information content (AvgIpc) is 2.61. The number of aryl methyl sites for hydroxylation is 1. The third-order valence-electron chi connectivity index (χ3n) is 4.46. The van der Waals surface area contributed by atoms with Gasteiger partial charge in [-0.1, -0.05) is 49.1 Å². The highest BCUT2D eigenvalue weighted by atomic mass is 16.1. The molecule has 2 rings (SSSR count). The minimum atomic E-state index is 0.208. The van der Waals surface area contributed by atoms with Crippen LogP contribution in [0.1, 0.15) is 43.2 Å². The molecule has 1 fully saturated rings. The molecule has 0 radical (unpaired) electrons. The molecular formula is C19H30N4O. The second kappa shape index (κ2) is 9.96. The van der Waals surface area contributed by atoms with Crippen LogP contribution < -0.4 is 16.0 Å². The molecule has 0 aliphatic heterocycles. The van der Waals surface area contributed by atoms with Gasteiger partial charge in [0.25, 0.3) is 0 Å². The van der Waals surface area contributed by atoms with Gasteiger partial charge in [-0.25, -0.2) is 0 Å². The maximum Gasteiger partial charge on any atom is 0.223 e. The number of hydrogen-bond acceptors (Lipinski definition) is 2. The molecule has 1 amide bonds. The number of aliphatic imine (C=N–C) groups is 1. The van der Waals surface area contributed by atoms with Crippen molar-refractivity contribution in [2.24, 2.45) is 10.9 Å². The number of nitrogens with one attached hydrogen (secondary N) is 3. The van der Waals surface area contributed by atoms with Gasteiger partial charge in [0.05, 0.1) is 0 Å². The fourth-order valence-electron chi connectivity index (χ4n) is 3.10. The van der Waals surface area contributed by atoms with Crippen LogP contribution in [0.5, 0.6) is 0 Å². The van der Waals surface area contributed by atoms with Crippen LogP contribution in [-0.2, 0) is 11.3 Å². The summed E-state index contributed by atoms with van der Waals surface area (Å²) >= 11 is 0. The maximum absolute atomic E-state index is 12.1. The molecule has 1 saturated carbocycles. The lowest BCUT2D eigenvalue weighted by Gasteiger charge is -2.21. The Balaban J connectivity index is 1.63. The van der Waals surface area contributed by atoms with Gasteiger partial charge < -0.3 is 16.0 Å². The van der Waals surface area contributed by atoms with Crippen molar-refractivity contribution in [1.29, 1.82) is 0 Å². The molecule has 1 aromatic rings. The summed E-state index contributed by atoms with van der Waals surface area (Å²) in [6.07, 6.45) is 5.73. The first-order chi connectivity index (χ1) is 11.7. The van der Waals surface area contributed by atoms with E-state index in [0.29, 0.717) is 13.1 Å². The Morgan fingerprint density at radius 2 is 1.88 bits per heavy atom. The van der Waals surface area contributed by atoms with E-state index in [-0.39, 0.29) is 11.8 Å². The number of carbonyl (C=O) groups is 1. The Hall–Kier alpha value is -2.04. The van der Waals surface area contributed by atoms with E-state index in [2.05, 4.69) is 52.1 Å². The topological polar surface area (TPSA) is 65.5 Å². The van der Waals surface area contributed by atoms with Crippen LogP contribution in [0.25, 0.3) is 0 Å². The summed E-state index contributed by atoms with van der Waals surface area (Å²) in [5.74, 6) is 1.18. The molecule has 0 heterocycles. The molecule has 0 aromatic heterocycles. The van der Waals surface area contributed by atoms with E-state index in [1.54, 1.807) is 7.05 Å². The second-order valence-electron chi connectivity index (χ2n) is 6.47. The molecule has 5 heteroatoms. The minimum absolute atomic E-state index is 0.208. The van der Waals surface area contributed by atoms with Gasteiger partial charge in [-0.3, -0.25) is 9.79 Å². The van der Waals surface area contributed by atoms with Crippen LogP contribution >= 0.6 is 0 Å². The zero-order valence-electron chi connectivity index (χ0n) is 14.9. The monoisotopic (exact) mass is 330 g/mol. The average molecular weight is 330 g/mol. The molecule has 0 atom stereocenters. The van der Waals surface area contributed by atoms with E-state index in [1.165, 1.54) is 30.4 Å². The molecular weight excluding hydrogens is 300 g/mol. The van der Waals surface area contributed by atoms with Crippen LogP contribution in [0.15, 0.2) is 29.3 Å². The summed E-state index contributed by atoms with van der Waals surface area (Å²) in [6, 6.07) is 8.40. The molecule has 0 spiro atoms. The Morgan fingerprint density at radius 1 is 1.12 bits per heavy atom. The fraction of sp³-hybridized carbons (Fsp3) is 0.579. The number of nitrogens with zero attached hydrogens (tertiary/aromatic N) is 1. The number of rotatable bonds is 6. The SMILES string of the molecule is CN=C(NCCNC(=O)C1CCCCC1)NCc1cccc(C)c1. The lowest BCUT2D eigenvalue weighted by Crippen LogP contribution is -2.42. The normalized spacial score (nSPS) is 15.8. The molecule has 1 aliphatic carbocycles. The number of guanidine groups is 1. The Kier molecular flexibility index (Phi) is 7.59. The molecule has 132 valence electrons. The van der Waals surface area contributed by atoms with E-state index in [9.17, 15) is 4.79 Å². The predicted molar refractivity (Wildman–Crippen MR) is 99.0 cm³/mol. The molecule has 1 aromatic carbocycles. The zero-order chi connectivity index (χ0) is 17.2. The Labute approximate surface area is 145 Å². The van der Waals surface area contributed by atoms with Crippen molar-refractivity contribution in [2.75, 3.05) is 20.1 Å². The van der Waals surface area contributed by atoms with Gasteiger partial charge in [0.15, 0.2) is 5.96 Å². The number of benzene rings is 1. The van der Waals surface area contributed by atoms with Gasteiger partial charge in [-0.15, -0.1) is 0 Å². The van der Waals surface area contributed by atoms with Crippen LogP contribution in [0.4, 0.5) is 0 Å². The molecule has 3 N–H and O–H groups in total. The first-order valence-electron chi connectivity index (χ1n) is 8.97. The molecule has 24 heavy (non-hydrogen) atoms. The van der Waals surface area contributed by atoms with Gasteiger partial charge in [0.1, 0.15) is 0 Å². The fourth-order valence-corrected chi connectivity index (χ4v) is 3.10. The quantitative estimate of drug-likeness (QED) is 0.426. The minimum Gasteiger partial charge on any atom is -0.355 e. The zero-order valence-corrected chi connectivity index (χ0v) is 14.9. The van der Waals surface area contributed by atoms with E-state index in [1.807, 2.05) is 0 Å². The highest BCUT2D eigenvalue weighted by Crippen LogP contribution is 2.23. The molecule has 0 bridgehead atoms. The van der Waals surface area contributed by atoms with Gasteiger partial charge in [0.2, 0.25) is 5.91 Å². The van der Waals surface area contributed by atoms with Crippen LogP contribution in [0.2, 0.25) is 0 Å². The van der Waals surface area contributed by atoms with Crippen molar-refractivity contribution in [3.63, 3.8) is 0 Å². The van der Waals surface area contributed by atoms with E-state index >= 15 is 0 Å². The van der Waals surface area contributed by atoms with Crippen molar-refractivity contribution in [2.45, 2.75) is 45.6 Å². The first kappa shape index (κ1) is 18.3. The van der Waals surface area contributed by atoms with E-state index in [4.69, 9.17) is 0 Å². The maximum atomic E-state index is 12.1. The molecule has 0 saturated heterocycles. The molecule has 0 unspecified atom stereocenters. The number of amides is 1. The lowest BCUT2D eigenvalue weighted by molar-refractivity contribution is -0.125. The highest BCUT2D eigenvalue weighted by molar-refractivity contribution is 5.80. The predicted octanol–water partition coefficient (Wildman–Crippen LogP) is 2.36. The Bertz CT molecular complexity index is 550. The Morgan fingerprint density at radius 3 is 2.58 bits per heavy atom. The van der Waals surface area contributed by atoms with Gasteiger partial charge in [0, 0.05) is 32.6 Å². The summed E-state index contributed by atoms with van der Waals surface area (Å²) < 4.78 is 0. The number of carbonyl (C=O) groups excluding carboxylic acids is 1. The highest BCUT2D eigenvalue weighted by Gasteiger charge is 2.20. The van der Waals surface area contributed by atoms with Crippen molar-refractivity contribution in [1.82, 2.24) is 16.0 Å². The van der Waals surface area contributed by atoms with Gasteiger partial charge >= 0.3 is 0 Å². The van der Waals surface area contributed by atoms with Crippen molar-refractivity contribution in [3.8, 4) is 0 Å². The number of hydrogen-bond donors (Lipinski definition) is 3. The smallest absolute Gasteiger partial charge is 0.223 e. The summed E-state index contributed by atoms with van der Waals surface area (Å²) in [7, 11) is 1.76. The largest absolute Gasteiger partial charge is 0.355 e. The molecule has 1 aliphatic rings. The van der Waals surface area contributed by atoms with Crippen molar-refractivity contribution >= 4 is 11.9 Å². The van der Waals surface area contributed by atoms with Crippen LogP contribution in [0, 0.1) is 12.8 Å². The van der Waals surface area contributed by atoms with E-state index in [0.717, 1.165) is 25.3 Å². The standard InChI is InChI=1S/C19H30N4O/c1-15-7-6-8-16(13-15)14-23-19(20-2)22-12-11-21-18(24)17-9-4-3-5-10-17/h6-8,13,17H,3-5,9-12,14H2,1-2H3,(H,21,24)(H2,20,22,23). The van der Waals surface area contributed by atoms with Crippen LogP contribution in [0.3, 0.4) is 0 Å². The third kappa shape index (κ3) is 6.22. The summed E-state index contributed by atoms with van der Waals surface area (Å²) in [4.78, 5) is 16.3. The van der Waals surface area contributed by atoms with Crippen molar-refractivity contribution < 1.29 is 4.79 Å². The summed E-state index contributed by atoms with van der Waals surface area (Å²) in [5, 5.41) is 9.56. The van der Waals surface area contributed by atoms with Gasteiger partial charge in [-0.2, -0.15) is 0 Å². The summed E-state index contributed by atoms with van der Waals surface area (Å²) in [5.41, 5.74) is 2.48. The van der Waals surface area contributed by atoms with Gasteiger partial charge in [-0.05, 0) is 25.3 Å². The molecule has 5 nitrogen and oxygen atoms in total. The van der Waals surface area contributed by atoms with Crippen LogP contribution in [-0.4, -0.2) is 32.0 Å². The summed E-state index contributed by atoms with van der Waals surface area (Å²) in [6.45, 7) is 4.12. The van der Waals surface area contributed by atoms with Crippen molar-refractivity contribution in [3.05, 3.63) is 35.4 Å². The third-order valence-corrected chi connectivity index (χ3v) is 4.46.